The molecule has 0 bridgehead atoms. The number of nitrogens with zero attached hydrogens (tertiary/aromatic N) is 1. The van der Waals surface area contributed by atoms with Crippen molar-refractivity contribution >= 4 is 10.9 Å². The summed E-state index contributed by atoms with van der Waals surface area (Å²) >= 11 is 0. The zero-order valence-electron chi connectivity index (χ0n) is 10.3. The predicted molar refractivity (Wildman–Crippen MR) is 70.2 cm³/mol. The summed E-state index contributed by atoms with van der Waals surface area (Å²) in [5.41, 5.74) is 4.64. The molecule has 0 aliphatic carbocycles. The first-order valence-electron chi connectivity index (χ1n) is 6.64. The lowest BCUT2D eigenvalue weighted by molar-refractivity contribution is 0.139. The van der Waals surface area contributed by atoms with Crippen LogP contribution < -0.4 is 0 Å². The third-order valence-corrected chi connectivity index (χ3v) is 4.77. The molecule has 0 saturated carbocycles. The van der Waals surface area contributed by atoms with Gasteiger partial charge in [0.2, 0.25) is 0 Å². The van der Waals surface area contributed by atoms with Gasteiger partial charge in [-0.25, -0.2) is 0 Å². The Morgan fingerprint density at radius 2 is 2.12 bits per heavy atom. The van der Waals surface area contributed by atoms with Crippen molar-refractivity contribution in [3.05, 3.63) is 35.5 Å². The van der Waals surface area contributed by atoms with E-state index in [-0.39, 0.29) is 5.54 Å². The van der Waals surface area contributed by atoms with E-state index in [4.69, 9.17) is 0 Å². The van der Waals surface area contributed by atoms with Gasteiger partial charge in [0.1, 0.15) is 0 Å². The Kier molecular flexibility index (Phi) is 1.79. The van der Waals surface area contributed by atoms with Crippen molar-refractivity contribution in [1.29, 1.82) is 0 Å². The van der Waals surface area contributed by atoms with Crippen LogP contribution in [0.25, 0.3) is 10.9 Å². The molecule has 1 aromatic heterocycles. The van der Waals surface area contributed by atoms with Crippen LogP contribution in [0.1, 0.15) is 31.0 Å². The third-order valence-electron chi connectivity index (χ3n) is 4.77. The van der Waals surface area contributed by atoms with Crippen LogP contribution >= 0.6 is 0 Å². The summed E-state index contributed by atoms with van der Waals surface area (Å²) in [6.07, 6.45) is 3.84. The Bertz CT molecular complexity index is 584. The number of fused-ring (bicyclic) bond motifs is 5. The van der Waals surface area contributed by atoms with Crippen molar-refractivity contribution in [2.45, 2.75) is 31.7 Å². The summed E-state index contributed by atoms with van der Waals surface area (Å²) in [7, 11) is 0. The van der Waals surface area contributed by atoms with E-state index in [1.807, 2.05) is 0 Å². The molecule has 1 N–H and O–H groups in total. The Morgan fingerprint density at radius 3 is 3.06 bits per heavy atom. The SMILES string of the molecule is C[C@@]12CCCN1CCc1c2[nH]c2ccccc12. The second-order valence-electron chi connectivity index (χ2n) is 5.64. The highest BCUT2D eigenvalue weighted by molar-refractivity contribution is 5.85. The van der Waals surface area contributed by atoms with E-state index >= 15 is 0 Å². The van der Waals surface area contributed by atoms with Crippen LogP contribution in [0.15, 0.2) is 24.3 Å². The summed E-state index contributed by atoms with van der Waals surface area (Å²) < 4.78 is 0. The molecule has 1 atom stereocenters. The second-order valence-corrected chi connectivity index (χ2v) is 5.64. The number of rotatable bonds is 0. The number of hydrogen-bond donors (Lipinski definition) is 1. The van der Waals surface area contributed by atoms with Gasteiger partial charge < -0.3 is 4.98 Å². The van der Waals surface area contributed by atoms with Crippen LogP contribution in [-0.2, 0) is 12.0 Å². The first kappa shape index (κ1) is 9.72. The maximum Gasteiger partial charge on any atom is 0.0586 e. The fourth-order valence-corrected chi connectivity index (χ4v) is 3.83. The zero-order chi connectivity index (χ0) is 11.5. The first-order chi connectivity index (χ1) is 8.29. The number of benzene rings is 1. The van der Waals surface area contributed by atoms with E-state index in [0.717, 1.165) is 0 Å². The average molecular weight is 226 g/mol. The molecule has 3 heterocycles. The van der Waals surface area contributed by atoms with Gasteiger partial charge >= 0.3 is 0 Å². The van der Waals surface area contributed by atoms with Crippen LogP contribution in [0.5, 0.6) is 0 Å². The molecule has 2 nitrogen and oxygen atoms in total. The Morgan fingerprint density at radius 1 is 1.24 bits per heavy atom. The number of aromatic nitrogens is 1. The fraction of sp³-hybridized carbons (Fsp3) is 0.467. The van der Waals surface area contributed by atoms with Crippen LogP contribution in [-0.4, -0.2) is 23.0 Å². The highest BCUT2D eigenvalue weighted by Crippen LogP contribution is 2.44. The number of H-pyrrole nitrogens is 1. The molecule has 0 amide bonds. The maximum absolute atomic E-state index is 3.69. The van der Waals surface area contributed by atoms with Crippen molar-refractivity contribution < 1.29 is 0 Å². The highest BCUT2D eigenvalue weighted by atomic mass is 15.2. The van der Waals surface area contributed by atoms with E-state index < -0.39 is 0 Å². The molecule has 17 heavy (non-hydrogen) atoms. The minimum atomic E-state index is 0.270. The highest BCUT2D eigenvalue weighted by Gasteiger charge is 2.43. The quantitative estimate of drug-likeness (QED) is 0.731. The van der Waals surface area contributed by atoms with Gasteiger partial charge in [-0.3, -0.25) is 4.90 Å². The standard InChI is InChI=1S/C15H18N2/c1-15-8-4-9-17(15)10-7-12-11-5-2-3-6-13(11)16-14(12)15/h2-3,5-6,16H,4,7-10H2,1H3/t15-/m0/s1. The van der Waals surface area contributed by atoms with Crippen LogP contribution in [0.4, 0.5) is 0 Å². The summed E-state index contributed by atoms with van der Waals surface area (Å²) in [6.45, 7) is 4.91. The van der Waals surface area contributed by atoms with Gasteiger partial charge in [0.25, 0.3) is 0 Å². The first-order valence-corrected chi connectivity index (χ1v) is 6.64. The number of aromatic amines is 1. The lowest BCUT2D eigenvalue weighted by Crippen LogP contribution is -2.44. The molecule has 2 heteroatoms. The molecule has 1 aromatic carbocycles. The minimum Gasteiger partial charge on any atom is -0.357 e. The van der Waals surface area contributed by atoms with Gasteiger partial charge in [-0.2, -0.15) is 0 Å². The van der Waals surface area contributed by atoms with E-state index in [9.17, 15) is 0 Å². The second kappa shape index (κ2) is 3.14. The normalized spacial score (nSPS) is 28.3. The molecule has 1 saturated heterocycles. The van der Waals surface area contributed by atoms with Crippen molar-refractivity contribution in [2.24, 2.45) is 0 Å². The van der Waals surface area contributed by atoms with E-state index in [1.165, 1.54) is 48.9 Å². The van der Waals surface area contributed by atoms with Crippen molar-refractivity contribution in [3.63, 3.8) is 0 Å². The molecule has 2 aromatic rings. The molecule has 1 fully saturated rings. The summed E-state index contributed by atoms with van der Waals surface area (Å²) in [4.78, 5) is 6.34. The van der Waals surface area contributed by atoms with Crippen molar-refractivity contribution in [1.82, 2.24) is 9.88 Å². The lowest BCUT2D eigenvalue weighted by atomic mass is 9.86. The van der Waals surface area contributed by atoms with Gasteiger partial charge in [-0.15, -0.1) is 0 Å². The van der Waals surface area contributed by atoms with E-state index in [0.29, 0.717) is 0 Å². The van der Waals surface area contributed by atoms with Crippen LogP contribution in [0.2, 0.25) is 0 Å². The van der Waals surface area contributed by atoms with Gasteiger partial charge in [0.05, 0.1) is 5.54 Å². The van der Waals surface area contributed by atoms with Gasteiger partial charge in [0.15, 0.2) is 0 Å². The van der Waals surface area contributed by atoms with Gasteiger partial charge in [0, 0.05) is 23.1 Å². The molecule has 2 aliphatic rings. The lowest BCUT2D eigenvalue weighted by Gasteiger charge is -2.39. The molecule has 88 valence electrons. The molecule has 2 aliphatic heterocycles. The largest absolute Gasteiger partial charge is 0.357 e. The van der Waals surface area contributed by atoms with Gasteiger partial charge in [-0.05, 0) is 44.4 Å². The maximum atomic E-state index is 3.69. The van der Waals surface area contributed by atoms with Crippen molar-refractivity contribution in [2.75, 3.05) is 13.1 Å². The smallest absolute Gasteiger partial charge is 0.0586 e. The molecule has 0 unspecified atom stereocenters. The molecule has 0 spiro atoms. The Labute approximate surface area is 102 Å². The number of hydrogen-bond acceptors (Lipinski definition) is 1. The molecule has 0 radical (unpaired) electrons. The summed E-state index contributed by atoms with van der Waals surface area (Å²) in [6, 6.07) is 8.74. The monoisotopic (exact) mass is 226 g/mol. The van der Waals surface area contributed by atoms with Crippen molar-refractivity contribution in [3.8, 4) is 0 Å². The topological polar surface area (TPSA) is 19.0 Å². The fourth-order valence-electron chi connectivity index (χ4n) is 3.83. The van der Waals surface area contributed by atoms with E-state index in [2.05, 4.69) is 41.1 Å². The van der Waals surface area contributed by atoms with Crippen LogP contribution in [0.3, 0.4) is 0 Å². The summed E-state index contributed by atoms with van der Waals surface area (Å²) in [5.74, 6) is 0. The molecular weight excluding hydrogens is 208 g/mol. The summed E-state index contributed by atoms with van der Waals surface area (Å²) in [5, 5.41) is 1.44. The third kappa shape index (κ3) is 1.14. The molecular formula is C15H18N2. The minimum absolute atomic E-state index is 0.270. The molecule has 4 rings (SSSR count). The Balaban J connectivity index is 2.01. The van der Waals surface area contributed by atoms with E-state index in [1.54, 1.807) is 5.56 Å². The number of nitrogens with one attached hydrogen (secondary N) is 1. The van der Waals surface area contributed by atoms with Gasteiger partial charge in [-0.1, -0.05) is 18.2 Å². The zero-order valence-corrected chi connectivity index (χ0v) is 10.3. The Hall–Kier alpha value is -1.28. The van der Waals surface area contributed by atoms with Crippen LogP contribution in [0, 0.1) is 0 Å². The number of para-hydroxylation sites is 1. The predicted octanol–water partition coefficient (Wildman–Crippen LogP) is 3.04. The average Bonchev–Trinajstić information content (AvgIpc) is 2.89.